The Morgan fingerprint density at radius 2 is 2.29 bits per heavy atom. The van der Waals surface area contributed by atoms with Crippen LogP contribution in [-0.2, 0) is 0 Å². The van der Waals surface area contributed by atoms with E-state index in [1.54, 1.807) is 0 Å². The molecule has 0 radical (unpaired) electrons. The van der Waals surface area contributed by atoms with Crippen LogP contribution in [0.2, 0.25) is 0 Å². The third-order valence-corrected chi connectivity index (χ3v) is 4.10. The fourth-order valence-electron chi connectivity index (χ4n) is 2.79. The number of piperidine rings is 1. The third kappa shape index (κ3) is 3.07. The van der Waals surface area contributed by atoms with E-state index in [2.05, 4.69) is 0 Å². The summed E-state index contributed by atoms with van der Waals surface area (Å²) >= 11 is 0. The zero-order valence-electron chi connectivity index (χ0n) is 12.2. The van der Waals surface area contributed by atoms with Crippen LogP contribution in [0.3, 0.4) is 0 Å². The molecule has 1 aliphatic rings. The fourth-order valence-corrected chi connectivity index (χ4v) is 2.79. The van der Waals surface area contributed by atoms with Gasteiger partial charge < -0.3 is 15.4 Å². The number of nitro groups is 1. The van der Waals surface area contributed by atoms with Gasteiger partial charge in [0.1, 0.15) is 5.69 Å². The van der Waals surface area contributed by atoms with E-state index in [-0.39, 0.29) is 23.4 Å². The molecule has 6 nitrogen and oxygen atoms in total. The molecule has 2 atom stereocenters. The van der Waals surface area contributed by atoms with Crippen LogP contribution in [0.25, 0.3) is 0 Å². The van der Waals surface area contributed by atoms with Crippen LogP contribution in [0, 0.1) is 21.8 Å². The number of nitrogens with two attached hydrogens (primary N) is 1. The lowest BCUT2D eigenvalue weighted by Crippen LogP contribution is -2.47. The van der Waals surface area contributed by atoms with Gasteiger partial charge in [-0.3, -0.25) is 10.1 Å². The molecule has 1 saturated heterocycles. The van der Waals surface area contributed by atoms with Gasteiger partial charge in [-0.05, 0) is 12.3 Å². The molecule has 1 aromatic rings. The number of nitro benzene ring substituents is 1. The molecule has 2 N–H and O–H groups in total. The Bertz CT molecular complexity index is 538. The Balaban J connectivity index is 2.39. The minimum absolute atomic E-state index is 0.0125. The molecular weight excluding hydrogens is 277 g/mol. The van der Waals surface area contributed by atoms with Crippen molar-refractivity contribution in [2.45, 2.75) is 25.8 Å². The van der Waals surface area contributed by atoms with Crippen molar-refractivity contribution >= 4 is 11.4 Å². The van der Waals surface area contributed by atoms with Gasteiger partial charge in [0.25, 0.3) is 5.69 Å². The maximum Gasteiger partial charge on any atom is 0.295 e. The summed E-state index contributed by atoms with van der Waals surface area (Å²) in [5.41, 5.74) is 6.22. The Kier molecular flexibility index (Phi) is 4.62. The predicted octanol–water partition coefficient (Wildman–Crippen LogP) is 2.31. The standard InChI is InChI=1S/C14H20FN3O3/c1-3-9-8-17(5-4-11(9)16)12-7-14(21-2)10(15)6-13(12)18(19)20/h6-7,9,11H,3-5,8,16H2,1-2H3. The molecule has 1 fully saturated rings. The molecule has 116 valence electrons. The van der Waals surface area contributed by atoms with Gasteiger partial charge >= 0.3 is 0 Å². The van der Waals surface area contributed by atoms with E-state index in [0.717, 1.165) is 18.9 Å². The van der Waals surface area contributed by atoms with Crippen molar-refractivity contribution in [1.29, 1.82) is 0 Å². The van der Waals surface area contributed by atoms with Gasteiger partial charge in [0.2, 0.25) is 0 Å². The van der Waals surface area contributed by atoms with E-state index in [1.807, 2.05) is 11.8 Å². The highest BCUT2D eigenvalue weighted by molar-refractivity contribution is 5.66. The summed E-state index contributed by atoms with van der Waals surface area (Å²) in [6.07, 6.45) is 1.67. The summed E-state index contributed by atoms with van der Waals surface area (Å²) in [5, 5.41) is 11.2. The average Bonchev–Trinajstić information content (AvgIpc) is 2.47. The second-order valence-corrected chi connectivity index (χ2v) is 5.30. The van der Waals surface area contributed by atoms with Gasteiger partial charge in [-0.25, -0.2) is 4.39 Å². The molecule has 1 aliphatic heterocycles. The Labute approximate surface area is 122 Å². The Morgan fingerprint density at radius 1 is 1.57 bits per heavy atom. The first-order chi connectivity index (χ1) is 9.97. The van der Waals surface area contributed by atoms with Crippen LogP contribution in [0.1, 0.15) is 19.8 Å². The van der Waals surface area contributed by atoms with E-state index in [1.165, 1.54) is 13.2 Å². The van der Waals surface area contributed by atoms with Gasteiger partial charge in [-0.1, -0.05) is 13.3 Å². The van der Waals surface area contributed by atoms with Crippen LogP contribution in [0.15, 0.2) is 12.1 Å². The maximum atomic E-state index is 13.7. The number of anilines is 1. The van der Waals surface area contributed by atoms with Crippen LogP contribution >= 0.6 is 0 Å². The smallest absolute Gasteiger partial charge is 0.295 e. The molecule has 21 heavy (non-hydrogen) atoms. The highest BCUT2D eigenvalue weighted by Crippen LogP contribution is 2.36. The largest absolute Gasteiger partial charge is 0.494 e. The SMILES string of the molecule is CCC1CN(c2cc(OC)c(F)cc2[N+](=O)[O-])CCC1N. The van der Waals surface area contributed by atoms with Crippen molar-refractivity contribution in [3.8, 4) is 5.75 Å². The van der Waals surface area contributed by atoms with Gasteiger partial charge in [0, 0.05) is 25.2 Å². The number of benzene rings is 1. The third-order valence-electron chi connectivity index (χ3n) is 4.10. The molecule has 1 heterocycles. The molecule has 2 rings (SSSR count). The van der Waals surface area contributed by atoms with Crippen LogP contribution in [0.5, 0.6) is 5.75 Å². The first-order valence-corrected chi connectivity index (χ1v) is 7.00. The quantitative estimate of drug-likeness (QED) is 0.681. The summed E-state index contributed by atoms with van der Waals surface area (Å²) in [7, 11) is 1.34. The van der Waals surface area contributed by atoms with E-state index >= 15 is 0 Å². The molecule has 2 unspecified atom stereocenters. The van der Waals surface area contributed by atoms with E-state index in [4.69, 9.17) is 10.5 Å². The van der Waals surface area contributed by atoms with E-state index in [0.29, 0.717) is 18.8 Å². The second-order valence-electron chi connectivity index (χ2n) is 5.30. The molecule has 0 aliphatic carbocycles. The summed E-state index contributed by atoms with van der Waals surface area (Å²) in [6, 6.07) is 2.42. The van der Waals surface area contributed by atoms with Crippen molar-refractivity contribution in [1.82, 2.24) is 0 Å². The number of hydrogen-bond donors (Lipinski definition) is 1. The zero-order valence-corrected chi connectivity index (χ0v) is 12.2. The number of halogens is 1. The van der Waals surface area contributed by atoms with E-state index in [9.17, 15) is 14.5 Å². The van der Waals surface area contributed by atoms with Gasteiger partial charge in [0.05, 0.1) is 18.1 Å². The van der Waals surface area contributed by atoms with Crippen molar-refractivity contribution in [3.05, 3.63) is 28.1 Å². The molecule has 0 bridgehead atoms. The minimum atomic E-state index is -0.728. The number of hydrogen-bond acceptors (Lipinski definition) is 5. The Hall–Kier alpha value is -1.89. The first kappa shape index (κ1) is 15.5. The van der Waals surface area contributed by atoms with Gasteiger partial charge in [-0.2, -0.15) is 0 Å². The van der Waals surface area contributed by atoms with Crippen molar-refractivity contribution in [2.75, 3.05) is 25.1 Å². The molecule has 0 aromatic heterocycles. The van der Waals surface area contributed by atoms with Crippen LogP contribution in [0.4, 0.5) is 15.8 Å². The highest BCUT2D eigenvalue weighted by Gasteiger charge is 2.30. The molecule has 0 spiro atoms. The maximum absolute atomic E-state index is 13.7. The topological polar surface area (TPSA) is 81.6 Å². The minimum Gasteiger partial charge on any atom is -0.494 e. The van der Waals surface area contributed by atoms with Gasteiger partial charge in [0.15, 0.2) is 11.6 Å². The Morgan fingerprint density at radius 3 is 2.86 bits per heavy atom. The zero-order chi connectivity index (χ0) is 15.6. The monoisotopic (exact) mass is 297 g/mol. The lowest BCUT2D eigenvalue weighted by Gasteiger charge is -2.37. The molecule has 7 heteroatoms. The number of ether oxygens (including phenoxy) is 1. The summed E-state index contributed by atoms with van der Waals surface area (Å²) < 4.78 is 18.6. The fraction of sp³-hybridized carbons (Fsp3) is 0.571. The van der Waals surface area contributed by atoms with Crippen LogP contribution < -0.4 is 15.4 Å². The molecule has 0 saturated carbocycles. The van der Waals surface area contributed by atoms with E-state index < -0.39 is 10.7 Å². The van der Waals surface area contributed by atoms with Crippen molar-refractivity contribution in [3.63, 3.8) is 0 Å². The molecule has 0 amide bonds. The van der Waals surface area contributed by atoms with Crippen LogP contribution in [-0.4, -0.2) is 31.2 Å². The number of nitrogens with zero attached hydrogens (tertiary/aromatic N) is 2. The number of rotatable bonds is 4. The second kappa shape index (κ2) is 6.26. The molecule has 1 aromatic carbocycles. The summed E-state index contributed by atoms with van der Waals surface area (Å²) in [6.45, 7) is 3.30. The van der Waals surface area contributed by atoms with Crippen molar-refractivity contribution in [2.24, 2.45) is 11.7 Å². The molecular formula is C14H20FN3O3. The van der Waals surface area contributed by atoms with Crippen molar-refractivity contribution < 1.29 is 14.1 Å². The predicted molar refractivity (Wildman–Crippen MR) is 78.2 cm³/mol. The lowest BCUT2D eigenvalue weighted by molar-refractivity contribution is -0.384. The lowest BCUT2D eigenvalue weighted by atomic mass is 9.90. The normalized spacial score (nSPS) is 22.2. The first-order valence-electron chi connectivity index (χ1n) is 7.00. The number of methoxy groups -OCH3 is 1. The summed E-state index contributed by atoms with van der Waals surface area (Å²) in [4.78, 5) is 12.5. The highest BCUT2D eigenvalue weighted by atomic mass is 19.1. The van der Waals surface area contributed by atoms with Gasteiger partial charge in [-0.15, -0.1) is 0 Å². The summed E-state index contributed by atoms with van der Waals surface area (Å²) in [5.74, 6) is -0.443. The average molecular weight is 297 g/mol.